The minimum atomic E-state index is 0.147. The smallest absolute Gasteiger partial charge is 0.125 e. The molecule has 4 aliphatic rings. The number of aliphatic imine (C=N–C) groups is 1. The number of nitrogens with zero attached hydrogens (tertiary/aromatic N) is 4. The van der Waals surface area contributed by atoms with Crippen molar-refractivity contribution in [3.63, 3.8) is 0 Å². The molecule has 5 heteroatoms. The van der Waals surface area contributed by atoms with Crippen LogP contribution in [0.15, 0.2) is 205 Å². The van der Waals surface area contributed by atoms with Gasteiger partial charge in [0, 0.05) is 57.1 Å². The standard InChI is InChI=1S/C64H53N5/c1-4-42-39-55-53-37-31-43-25-26-44-32-38-54(60(53)56(43)44)61(55)65-62-57(42)58(45-27-33-51(34-28-45)68(47-17-9-5-10-18-47)48-19-11-6-12-20-48)63-64(67(66-63)40-41(2)3)59(62)46-29-35-52(36-30-46)69(49-21-13-7-14-22-49)50-23-15-8-16-24-50/h4-24,27-38,41,55,67H,25-26,39-40H2,1-3H3/b42-4-. The Balaban J connectivity index is 1.05. The molecule has 0 saturated heterocycles. The van der Waals surface area contributed by atoms with Crippen LogP contribution in [0, 0.1) is 5.92 Å². The fourth-order valence-electron chi connectivity index (χ4n) is 11.8. The summed E-state index contributed by atoms with van der Waals surface area (Å²) in [6.07, 6.45) is 5.46. The summed E-state index contributed by atoms with van der Waals surface area (Å²) in [5, 5.41) is 4.07. The monoisotopic (exact) mass is 891 g/mol. The lowest BCUT2D eigenvalue weighted by molar-refractivity contribution is -0.805. The summed E-state index contributed by atoms with van der Waals surface area (Å²) >= 11 is 0. The van der Waals surface area contributed by atoms with Crippen LogP contribution >= 0.6 is 0 Å². The molecular weight excluding hydrogens is 839 g/mol. The SMILES string of the molecule is C/C=C1/CC2C(=Nc3c1c(-c1ccc(N(c4ccccc4)c4ccccc4)cc1)c1c(c3-c3ccc(N(c4ccccc4)c4ccccc4)cc3)[NH+](CC(C)C)[N-]1)c1ccc3c4c(ccc2c14)CC3. The Morgan fingerprint density at radius 3 is 1.52 bits per heavy atom. The van der Waals surface area contributed by atoms with E-state index < -0.39 is 0 Å². The molecule has 0 aromatic heterocycles. The lowest BCUT2D eigenvalue weighted by Gasteiger charge is -2.48. The second-order valence-corrected chi connectivity index (χ2v) is 19.4. The van der Waals surface area contributed by atoms with Gasteiger partial charge in [0.05, 0.1) is 23.5 Å². The Labute approximate surface area is 405 Å². The lowest BCUT2D eigenvalue weighted by atomic mass is 9.81. The molecule has 1 N–H and O–H groups in total. The molecule has 0 bridgehead atoms. The van der Waals surface area contributed by atoms with Gasteiger partial charge >= 0.3 is 0 Å². The highest BCUT2D eigenvalue weighted by molar-refractivity contribution is 6.25. The van der Waals surface area contributed by atoms with Gasteiger partial charge in [-0.3, -0.25) is 4.99 Å². The van der Waals surface area contributed by atoms with E-state index in [1.807, 2.05) is 0 Å². The fourth-order valence-corrected chi connectivity index (χ4v) is 11.8. The Morgan fingerprint density at radius 2 is 1.03 bits per heavy atom. The molecule has 2 atom stereocenters. The van der Waals surface area contributed by atoms with Gasteiger partial charge in [0.1, 0.15) is 5.69 Å². The summed E-state index contributed by atoms with van der Waals surface area (Å²) in [5.41, 5.74) is 29.7. The first-order valence-corrected chi connectivity index (χ1v) is 24.7. The predicted octanol–water partition coefficient (Wildman–Crippen LogP) is 16.3. The number of allylic oxidation sites excluding steroid dienone is 2. The number of hydrogen-bond acceptors (Lipinski definition) is 3. The van der Waals surface area contributed by atoms with Gasteiger partial charge in [-0.1, -0.05) is 141 Å². The molecule has 0 fully saturated rings. The minimum Gasteiger partial charge on any atom is -0.478 e. The van der Waals surface area contributed by atoms with Gasteiger partial charge in [-0.05, 0) is 154 Å². The van der Waals surface area contributed by atoms with Gasteiger partial charge in [0.25, 0.3) is 0 Å². The summed E-state index contributed by atoms with van der Waals surface area (Å²) in [6, 6.07) is 70.7. The summed E-state index contributed by atoms with van der Waals surface area (Å²) in [4.78, 5) is 10.8. The molecule has 0 radical (unpaired) electrons. The van der Waals surface area contributed by atoms with Crippen LogP contribution < -0.4 is 14.8 Å². The molecule has 2 aliphatic carbocycles. The molecule has 5 nitrogen and oxygen atoms in total. The second kappa shape index (κ2) is 16.7. The Bertz CT molecular complexity index is 3400. The zero-order chi connectivity index (χ0) is 46.2. The molecule has 69 heavy (non-hydrogen) atoms. The van der Waals surface area contributed by atoms with E-state index >= 15 is 0 Å². The maximum atomic E-state index is 6.11. The van der Waals surface area contributed by atoms with E-state index in [0.29, 0.717) is 5.92 Å². The molecule has 9 aromatic rings. The molecule has 13 rings (SSSR count). The summed E-state index contributed by atoms with van der Waals surface area (Å²) in [6.45, 7) is 7.73. The maximum Gasteiger partial charge on any atom is 0.125 e. The highest BCUT2D eigenvalue weighted by Gasteiger charge is 2.40. The number of rotatable bonds is 10. The zero-order valence-electron chi connectivity index (χ0n) is 39.3. The molecule has 2 unspecified atom stereocenters. The van der Waals surface area contributed by atoms with E-state index in [9.17, 15) is 0 Å². The predicted molar refractivity (Wildman–Crippen MR) is 289 cm³/mol. The molecule has 0 amide bonds. The third-order valence-corrected chi connectivity index (χ3v) is 14.8. The van der Waals surface area contributed by atoms with Gasteiger partial charge < -0.3 is 20.2 Å². The van der Waals surface area contributed by atoms with E-state index in [0.717, 1.165) is 87.4 Å². The first kappa shape index (κ1) is 41.2. The van der Waals surface area contributed by atoms with E-state index in [1.165, 1.54) is 66.7 Å². The van der Waals surface area contributed by atoms with Crippen molar-refractivity contribution in [2.45, 2.75) is 46.0 Å². The average Bonchev–Trinajstić information content (AvgIpc) is 3.89. The van der Waals surface area contributed by atoms with Crippen LogP contribution in [0.3, 0.4) is 0 Å². The van der Waals surface area contributed by atoms with Gasteiger partial charge in [-0.25, -0.2) is 0 Å². The van der Waals surface area contributed by atoms with Gasteiger partial charge in [0.2, 0.25) is 0 Å². The number of fused-ring (bicyclic) bond motifs is 5. The largest absolute Gasteiger partial charge is 0.478 e. The van der Waals surface area contributed by atoms with Crippen LogP contribution in [0.5, 0.6) is 0 Å². The number of benzene rings is 9. The molecule has 334 valence electrons. The van der Waals surface area contributed by atoms with Gasteiger partial charge in [-0.15, -0.1) is 0 Å². The van der Waals surface area contributed by atoms with Crippen LogP contribution in [-0.2, 0) is 12.8 Å². The van der Waals surface area contributed by atoms with Crippen molar-refractivity contribution in [2.24, 2.45) is 10.9 Å². The molecule has 9 aromatic carbocycles. The van der Waals surface area contributed by atoms with Crippen molar-refractivity contribution >= 4 is 73.2 Å². The van der Waals surface area contributed by atoms with E-state index in [1.54, 1.807) is 0 Å². The van der Waals surface area contributed by atoms with Crippen LogP contribution in [-0.4, -0.2) is 12.3 Å². The van der Waals surface area contributed by atoms with E-state index in [2.05, 4.69) is 231 Å². The Kier molecular flexibility index (Phi) is 9.95. The van der Waals surface area contributed by atoms with Crippen molar-refractivity contribution < 1.29 is 5.01 Å². The van der Waals surface area contributed by atoms with Crippen molar-refractivity contribution in [3.8, 4) is 22.3 Å². The van der Waals surface area contributed by atoms with E-state index in [-0.39, 0.29) is 5.92 Å². The van der Waals surface area contributed by atoms with Crippen molar-refractivity contribution in [1.29, 1.82) is 0 Å². The molecule has 0 spiro atoms. The Hall–Kier alpha value is -7.99. The fraction of sp³-hybridized carbons (Fsp3) is 0.141. The summed E-state index contributed by atoms with van der Waals surface area (Å²) < 4.78 is 0. The van der Waals surface area contributed by atoms with Gasteiger partial charge in [0.15, 0.2) is 0 Å². The average molecular weight is 892 g/mol. The van der Waals surface area contributed by atoms with Gasteiger partial charge in [-0.2, -0.15) is 0 Å². The molecule has 2 heterocycles. The lowest BCUT2D eigenvalue weighted by Crippen LogP contribution is -3.07. The number of quaternary nitrogens is 1. The third-order valence-electron chi connectivity index (χ3n) is 14.8. The number of nitrogens with one attached hydrogen (secondary N) is 1. The van der Waals surface area contributed by atoms with Crippen molar-refractivity contribution in [1.82, 2.24) is 0 Å². The molecule has 2 aliphatic heterocycles. The number of anilines is 6. The summed E-state index contributed by atoms with van der Waals surface area (Å²) in [7, 11) is 0. The van der Waals surface area contributed by atoms with E-state index in [4.69, 9.17) is 10.4 Å². The quantitative estimate of drug-likeness (QED) is 0.149. The number of aryl methyl sites for hydroxylation is 2. The van der Waals surface area contributed by atoms with Crippen molar-refractivity contribution in [3.05, 3.63) is 233 Å². The van der Waals surface area contributed by atoms with Crippen molar-refractivity contribution in [2.75, 3.05) is 16.3 Å². The number of hydrogen-bond donors (Lipinski definition) is 1. The molecular formula is C64H53N5. The molecule has 0 saturated carbocycles. The maximum absolute atomic E-state index is 6.11. The number of para-hydroxylation sites is 4. The normalized spacial score (nSPS) is 16.6. The third kappa shape index (κ3) is 6.75. The minimum absolute atomic E-state index is 0.147. The second-order valence-electron chi connectivity index (χ2n) is 19.4. The van der Waals surface area contributed by atoms with Crippen LogP contribution in [0.1, 0.15) is 60.9 Å². The van der Waals surface area contributed by atoms with Crippen LogP contribution in [0.25, 0.3) is 44.0 Å². The summed E-state index contributed by atoms with van der Waals surface area (Å²) in [5.74, 6) is 0.579. The highest BCUT2D eigenvalue weighted by Crippen LogP contribution is 2.60. The first-order chi connectivity index (χ1) is 34.0. The zero-order valence-corrected chi connectivity index (χ0v) is 39.3. The highest BCUT2D eigenvalue weighted by atomic mass is 15.6. The van der Waals surface area contributed by atoms with Crippen LogP contribution in [0.4, 0.5) is 51.2 Å². The van der Waals surface area contributed by atoms with Crippen LogP contribution in [0.2, 0.25) is 0 Å². The topological polar surface area (TPSA) is 37.4 Å². The Morgan fingerprint density at radius 1 is 0.551 bits per heavy atom. The first-order valence-electron chi connectivity index (χ1n) is 24.7.